The Morgan fingerprint density at radius 3 is 0.945 bits per heavy atom. The molecule has 0 fully saturated rings. The Kier molecular flexibility index (Phi) is 22.7. The van der Waals surface area contributed by atoms with Crippen LogP contribution in [0.5, 0.6) is 0 Å². The number of para-hydroxylation sites is 2. The minimum Gasteiger partial charge on any atom is -0.455 e. The van der Waals surface area contributed by atoms with Crippen molar-refractivity contribution in [2.24, 2.45) is 0 Å². The fourth-order valence-electron chi connectivity index (χ4n) is 29.3. The van der Waals surface area contributed by atoms with E-state index in [-0.39, 0.29) is 21.7 Å². The quantitative estimate of drug-likeness (QED) is 0.0406. The van der Waals surface area contributed by atoms with Crippen molar-refractivity contribution in [3.05, 3.63) is 375 Å². The predicted octanol–water partition coefficient (Wildman–Crippen LogP) is 41.4. The summed E-state index contributed by atoms with van der Waals surface area (Å²) in [5.41, 5.74) is 55.3. The first-order chi connectivity index (χ1) is 70.4. The largest absolute Gasteiger partial charge is 0.455 e. The number of hydrogen-bond acceptors (Lipinski definition) is 3. The van der Waals surface area contributed by atoms with Gasteiger partial charge in [0.15, 0.2) is 0 Å². The van der Waals surface area contributed by atoms with Crippen LogP contribution >= 0.6 is 0 Å². The van der Waals surface area contributed by atoms with Gasteiger partial charge in [-0.15, -0.1) is 0 Å². The van der Waals surface area contributed by atoms with Crippen LogP contribution in [0.25, 0.3) is 166 Å². The molecule has 2 aromatic heterocycles. The molecular formula is C142H141NO2. The Labute approximate surface area is 861 Å². The first-order valence-corrected chi connectivity index (χ1v) is 55.8. The van der Waals surface area contributed by atoms with Crippen LogP contribution in [-0.2, 0) is 37.9 Å². The number of benzene rings is 16. The van der Waals surface area contributed by atoms with Crippen LogP contribution in [0, 0.1) is 6.92 Å². The van der Waals surface area contributed by atoms with Crippen molar-refractivity contribution in [3.63, 3.8) is 0 Å². The van der Waals surface area contributed by atoms with E-state index in [1.807, 2.05) is 0 Å². The zero-order valence-electron chi connectivity index (χ0n) is 88.4. The van der Waals surface area contributed by atoms with Gasteiger partial charge in [0.1, 0.15) is 22.3 Å². The smallest absolute Gasteiger partial charge is 0.144 e. The number of furan rings is 2. The van der Waals surface area contributed by atoms with Gasteiger partial charge in [0.2, 0.25) is 0 Å². The Morgan fingerprint density at radius 2 is 0.510 bits per heavy atom. The molecule has 0 unspecified atom stereocenters. The Balaban J connectivity index is 0.537. The molecule has 0 spiro atoms. The van der Waals surface area contributed by atoms with E-state index in [1.54, 1.807) is 22.3 Å². The van der Waals surface area contributed by atoms with Gasteiger partial charge in [-0.25, -0.2) is 0 Å². The number of hydrogen-bond donors (Lipinski definition) is 0. The van der Waals surface area contributed by atoms with Crippen LogP contribution < -0.4 is 4.90 Å². The van der Waals surface area contributed by atoms with Gasteiger partial charge in [-0.2, -0.15) is 0 Å². The number of nitrogens with zero attached hydrogens (tertiary/aromatic N) is 1. The summed E-state index contributed by atoms with van der Waals surface area (Å²) in [5, 5.41) is 4.71. The Morgan fingerprint density at radius 1 is 0.214 bits per heavy atom. The van der Waals surface area contributed by atoms with Gasteiger partial charge in [-0.1, -0.05) is 425 Å². The Bertz CT molecular complexity index is 8270. The predicted molar refractivity (Wildman–Crippen MR) is 616 cm³/mol. The monoisotopic (exact) mass is 1890 g/mol. The fraction of sp³-hybridized carbons (Fsp3) is 0.324. The van der Waals surface area contributed by atoms with Crippen molar-refractivity contribution in [2.75, 3.05) is 4.90 Å². The van der Waals surface area contributed by atoms with Crippen molar-refractivity contribution in [3.8, 4) is 122 Å². The number of rotatable bonds is 31. The highest BCUT2D eigenvalue weighted by molar-refractivity contribution is 6.22. The van der Waals surface area contributed by atoms with Gasteiger partial charge < -0.3 is 13.7 Å². The molecule has 145 heavy (non-hydrogen) atoms. The molecule has 726 valence electrons. The van der Waals surface area contributed by atoms with E-state index in [0.717, 1.165) is 55.7 Å². The van der Waals surface area contributed by atoms with Gasteiger partial charge in [0.25, 0.3) is 0 Å². The summed E-state index contributed by atoms with van der Waals surface area (Å²) >= 11 is 0. The van der Waals surface area contributed by atoms with E-state index in [9.17, 15) is 0 Å². The molecule has 3 heteroatoms. The third-order valence-corrected chi connectivity index (χ3v) is 37.1. The molecule has 25 rings (SSSR count). The average molecular weight is 1890 g/mol. The van der Waals surface area contributed by atoms with E-state index in [0.29, 0.717) is 0 Å². The zero-order chi connectivity index (χ0) is 99.1. The lowest BCUT2D eigenvalue weighted by molar-refractivity contribution is 0.399. The molecule has 2 heterocycles. The second-order valence-electron chi connectivity index (χ2n) is 47.4. The summed E-state index contributed by atoms with van der Waals surface area (Å²) in [6, 6.07) is 115. The van der Waals surface area contributed by atoms with E-state index < -0.39 is 16.2 Å². The van der Waals surface area contributed by atoms with Gasteiger partial charge in [0.05, 0.1) is 0 Å². The molecule has 16 aromatic carbocycles. The summed E-state index contributed by atoms with van der Waals surface area (Å²) in [4.78, 5) is 2.53. The summed E-state index contributed by atoms with van der Waals surface area (Å²) in [6.07, 6.45) is 30.8. The molecular weight excluding hydrogens is 1750 g/mol. The zero-order valence-corrected chi connectivity index (χ0v) is 88.4. The Hall–Kier alpha value is -13.1. The number of aryl methyl sites for hydroxylation is 1. The van der Waals surface area contributed by atoms with Crippen LogP contribution in [0.15, 0.2) is 300 Å². The van der Waals surface area contributed by atoms with Gasteiger partial charge in [-0.05, 0) is 319 Å². The molecule has 7 aliphatic carbocycles. The van der Waals surface area contributed by atoms with Crippen LogP contribution in [-0.4, -0.2) is 0 Å². The van der Waals surface area contributed by atoms with Gasteiger partial charge in [-0.3, -0.25) is 0 Å². The lowest BCUT2D eigenvalue weighted by Gasteiger charge is -2.33. The molecule has 0 aliphatic heterocycles. The van der Waals surface area contributed by atoms with Crippen LogP contribution in [0.3, 0.4) is 0 Å². The third-order valence-electron chi connectivity index (χ3n) is 37.1. The van der Waals surface area contributed by atoms with E-state index >= 15 is 0 Å². The number of unbranched alkanes of at least 4 members (excludes halogenated alkanes) is 16. The first-order valence-electron chi connectivity index (χ1n) is 55.8. The highest BCUT2D eigenvalue weighted by Crippen LogP contribution is 2.67. The first kappa shape index (κ1) is 93.0. The summed E-state index contributed by atoms with van der Waals surface area (Å²) in [5.74, 6) is 0. The van der Waals surface area contributed by atoms with Crippen molar-refractivity contribution < 1.29 is 8.83 Å². The van der Waals surface area contributed by atoms with Crippen molar-refractivity contribution in [2.45, 2.75) is 296 Å². The maximum atomic E-state index is 7.43. The SMILES string of the molecule is CCCCCCCC1(CCCCCCC)c2ccccc2-c2ccc(-c3ccc4c(c3)C(C)(C)c3cc(-c5ccc6c(c5)C(C)(C)c5c7c(c8oc9ccccc9c8c5-6)-c5ccc(N(c6ccc(C)cc6)c6ccc8c(c6)C(C)(C)c6cc(-c9ccc%10c(c9)C(C)(C)c9cc(-c%11ccc%12c(c%11)C(CCCCCCC)(CCCCCCC)c%11ccccc%11-%12)ccc9-%10)c9oc%10ccccc%10c9c6-8)cc5C7(C)C)ccc3-4)cc21. The molecule has 7 aliphatic rings. The van der Waals surface area contributed by atoms with Crippen LogP contribution in [0.1, 0.15) is 334 Å². The molecule has 0 radical (unpaired) electrons. The van der Waals surface area contributed by atoms with Crippen molar-refractivity contribution >= 4 is 60.9 Å². The van der Waals surface area contributed by atoms with Crippen LogP contribution in [0.4, 0.5) is 17.1 Å². The summed E-state index contributed by atoms with van der Waals surface area (Å²) in [7, 11) is 0. The fourth-order valence-corrected chi connectivity index (χ4v) is 29.3. The van der Waals surface area contributed by atoms with E-state index in [4.69, 9.17) is 8.83 Å². The third kappa shape index (κ3) is 14.3. The molecule has 0 saturated carbocycles. The lowest BCUT2D eigenvalue weighted by Crippen LogP contribution is -2.25. The second-order valence-corrected chi connectivity index (χ2v) is 47.4. The molecule has 0 bridgehead atoms. The van der Waals surface area contributed by atoms with Crippen LogP contribution in [0.2, 0.25) is 0 Å². The highest BCUT2D eigenvalue weighted by atomic mass is 16.3. The summed E-state index contributed by atoms with van der Waals surface area (Å²) < 4.78 is 14.8. The standard InChI is InChI=1S/C142H141NO2/c1-16-20-24-28-40-74-141(75-41-29-25-21-17-2)113-48-36-32-44-99(113)105-68-57-93(82-122(105)141)90-55-66-102-101-65-54-89(78-115(101)136(6,7)116(102)79-90)92-59-71-108-119(81-92)139(12,13)132-128(108)130-111-47-35-39-51-126(111)145-135(130)131-109-73-64-98(86-121(109)140(14,15)133(131)132)143(96-61-52-88(5)53-62-96)97-63-72-107-120(85-97)138(10,11)124-87-112(134-129(127(107)124)110-46-34-38-50-125(110)144-134)95-60-70-104-103-67-56-91(80-117(103)137(8,9)118(104)84-95)94-58-69-106-100-45-33-37-49-114(100)142(123(106)83-94,76-42-30-26-22-18-3)77-43-31-27-23-19-4/h32-39,44-73,78-87H,16-31,40-43,74-77H2,1-15H3. The van der Waals surface area contributed by atoms with Crippen molar-refractivity contribution in [1.29, 1.82) is 0 Å². The molecule has 0 saturated heterocycles. The van der Waals surface area contributed by atoms with E-state index in [1.165, 1.54) is 343 Å². The van der Waals surface area contributed by atoms with Gasteiger partial charge in [0, 0.05) is 87.6 Å². The minimum absolute atomic E-state index is 0.0191. The normalized spacial score (nSPS) is 15.8. The minimum atomic E-state index is -0.455. The maximum Gasteiger partial charge on any atom is 0.144 e. The molecule has 0 atom stereocenters. The second kappa shape index (κ2) is 35.4. The number of fused-ring (bicyclic) bond motifs is 31. The van der Waals surface area contributed by atoms with E-state index in [2.05, 4.69) is 400 Å². The topological polar surface area (TPSA) is 29.5 Å². The molecule has 3 nitrogen and oxygen atoms in total. The highest BCUT2D eigenvalue weighted by Gasteiger charge is 2.52. The molecule has 0 N–H and O–H groups in total. The molecule has 18 aromatic rings. The maximum absolute atomic E-state index is 7.43. The average Bonchev–Trinajstić information content (AvgIpc) is 1.50. The van der Waals surface area contributed by atoms with Gasteiger partial charge >= 0.3 is 0 Å². The summed E-state index contributed by atoms with van der Waals surface area (Å²) in [6.45, 7) is 36.4. The van der Waals surface area contributed by atoms with Crippen molar-refractivity contribution in [1.82, 2.24) is 0 Å². The lowest BCUT2D eigenvalue weighted by atomic mass is 9.70. The number of anilines is 3. The molecule has 0 amide bonds.